The van der Waals surface area contributed by atoms with Crippen molar-refractivity contribution in [2.75, 3.05) is 0 Å². The number of aryl methyl sites for hydroxylation is 2. The summed E-state index contributed by atoms with van der Waals surface area (Å²) in [5.74, 6) is 1.20. The van der Waals surface area contributed by atoms with E-state index in [1.54, 1.807) is 6.92 Å². The fraction of sp³-hybridized carbons (Fsp3) is 0.467. The number of aromatic nitrogens is 2. The maximum absolute atomic E-state index is 5.47. The van der Waals surface area contributed by atoms with Crippen molar-refractivity contribution >= 4 is 0 Å². The third-order valence-electron chi connectivity index (χ3n) is 3.07. The second kappa shape index (κ2) is 4.56. The number of rotatable bonds is 2. The monoisotopic (exact) mass is 244 g/mol. The van der Waals surface area contributed by atoms with Crippen molar-refractivity contribution in [3.63, 3.8) is 0 Å². The molecule has 0 bridgehead atoms. The Kier molecular flexibility index (Phi) is 3.24. The van der Waals surface area contributed by atoms with Crippen molar-refractivity contribution in [2.45, 2.75) is 46.5 Å². The standard InChI is InChI=1S/C15H20N2O/c1-6-11-9-12(14-17-16-10(2)18-14)7-8-13(11)15(3,4)5/h7-9H,6H2,1-5H3. The third kappa shape index (κ3) is 2.45. The lowest BCUT2D eigenvalue weighted by atomic mass is 9.82. The Labute approximate surface area is 108 Å². The van der Waals surface area contributed by atoms with E-state index in [0.717, 1.165) is 12.0 Å². The summed E-state index contributed by atoms with van der Waals surface area (Å²) < 4.78 is 5.47. The minimum Gasteiger partial charge on any atom is -0.421 e. The number of hydrogen-bond acceptors (Lipinski definition) is 3. The number of benzene rings is 1. The molecule has 18 heavy (non-hydrogen) atoms. The van der Waals surface area contributed by atoms with Gasteiger partial charge in [-0.2, -0.15) is 0 Å². The summed E-state index contributed by atoms with van der Waals surface area (Å²) in [7, 11) is 0. The number of nitrogens with zero attached hydrogens (tertiary/aromatic N) is 2. The first-order valence-corrected chi connectivity index (χ1v) is 6.35. The highest BCUT2D eigenvalue weighted by Gasteiger charge is 2.18. The summed E-state index contributed by atoms with van der Waals surface area (Å²) >= 11 is 0. The average molecular weight is 244 g/mol. The molecule has 0 aliphatic rings. The molecule has 0 atom stereocenters. The second-order valence-electron chi connectivity index (χ2n) is 5.60. The van der Waals surface area contributed by atoms with Gasteiger partial charge in [0.1, 0.15) is 0 Å². The molecule has 1 aromatic heterocycles. The molecule has 1 heterocycles. The van der Waals surface area contributed by atoms with Crippen LogP contribution in [0.3, 0.4) is 0 Å². The van der Waals surface area contributed by atoms with Crippen molar-refractivity contribution in [2.24, 2.45) is 0 Å². The molecule has 96 valence electrons. The predicted octanol–water partition coefficient (Wildman–Crippen LogP) is 3.90. The molecule has 2 aromatic rings. The Bertz CT molecular complexity index is 550. The van der Waals surface area contributed by atoms with E-state index in [2.05, 4.69) is 56.1 Å². The molecule has 0 saturated carbocycles. The van der Waals surface area contributed by atoms with Crippen molar-refractivity contribution < 1.29 is 4.42 Å². The molecule has 0 unspecified atom stereocenters. The molecule has 0 radical (unpaired) electrons. The van der Waals surface area contributed by atoms with Crippen LogP contribution in [0.2, 0.25) is 0 Å². The molecule has 0 aliphatic carbocycles. The Morgan fingerprint density at radius 3 is 2.39 bits per heavy atom. The van der Waals surface area contributed by atoms with Gasteiger partial charge in [0.05, 0.1) is 0 Å². The summed E-state index contributed by atoms with van der Waals surface area (Å²) in [5, 5.41) is 7.94. The van der Waals surface area contributed by atoms with Crippen LogP contribution < -0.4 is 0 Å². The molecular weight excluding hydrogens is 224 g/mol. The topological polar surface area (TPSA) is 38.9 Å². The Hall–Kier alpha value is -1.64. The molecular formula is C15H20N2O. The molecule has 0 fully saturated rings. The van der Waals surface area contributed by atoms with Crippen LogP contribution in [-0.4, -0.2) is 10.2 Å². The Balaban J connectivity index is 2.48. The van der Waals surface area contributed by atoms with E-state index >= 15 is 0 Å². The van der Waals surface area contributed by atoms with Crippen LogP contribution in [-0.2, 0) is 11.8 Å². The first-order valence-electron chi connectivity index (χ1n) is 6.35. The average Bonchev–Trinajstić information content (AvgIpc) is 2.74. The molecule has 1 aromatic carbocycles. The first kappa shape index (κ1) is 12.8. The van der Waals surface area contributed by atoms with Gasteiger partial charge in [0, 0.05) is 12.5 Å². The molecule has 3 heteroatoms. The van der Waals surface area contributed by atoms with Crippen LogP contribution >= 0.6 is 0 Å². The van der Waals surface area contributed by atoms with E-state index in [-0.39, 0.29) is 5.41 Å². The van der Waals surface area contributed by atoms with Crippen LogP contribution in [0.4, 0.5) is 0 Å². The summed E-state index contributed by atoms with van der Waals surface area (Å²) in [6.45, 7) is 10.7. The van der Waals surface area contributed by atoms with Gasteiger partial charge in [0.2, 0.25) is 11.8 Å². The summed E-state index contributed by atoms with van der Waals surface area (Å²) in [4.78, 5) is 0. The molecule has 0 spiro atoms. The smallest absolute Gasteiger partial charge is 0.247 e. The van der Waals surface area contributed by atoms with Crippen molar-refractivity contribution in [1.29, 1.82) is 0 Å². The summed E-state index contributed by atoms with van der Waals surface area (Å²) in [5.41, 5.74) is 3.88. The quantitative estimate of drug-likeness (QED) is 0.804. The number of hydrogen-bond donors (Lipinski definition) is 0. The van der Waals surface area contributed by atoms with Gasteiger partial charge in [-0.1, -0.05) is 33.8 Å². The van der Waals surface area contributed by atoms with Crippen molar-refractivity contribution in [3.05, 3.63) is 35.2 Å². The van der Waals surface area contributed by atoms with E-state index in [1.165, 1.54) is 11.1 Å². The van der Waals surface area contributed by atoms with E-state index < -0.39 is 0 Å². The van der Waals surface area contributed by atoms with Crippen molar-refractivity contribution in [1.82, 2.24) is 10.2 Å². The summed E-state index contributed by atoms with van der Waals surface area (Å²) in [6, 6.07) is 6.40. The first-order chi connectivity index (χ1) is 8.41. The van der Waals surface area contributed by atoms with Crippen LogP contribution in [0.25, 0.3) is 11.5 Å². The van der Waals surface area contributed by atoms with Crippen molar-refractivity contribution in [3.8, 4) is 11.5 Å². The minimum atomic E-state index is 0.161. The fourth-order valence-corrected chi connectivity index (χ4v) is 2.16. The maximum Gasteiger partial charge on any atom is 0.247 e. The van der Waals surface area contributed by atoms with Gasteiger partial charge < -0.3 is 4.42 Å². The van der Waals surface area contributed by atoms with Gasteiger partial charge in [0.15, 0.2) is 0 Å². The molecule has 0 amide bonds. The lowest BCUT2D eigenvalue weighted by Gasteiger charge is -2.22. The highest BCUT2D eigenvalue weighted by Crippen LogP contribution is 2.29. The van der Waals surface area contributed by atoms with E-state index in [9.17, 15) is 0 Å². The van der Waals surface area contributed by atoms with Gasteiger partial charge in [-0.05, 0) is 35.1 Å². The molecule has 0 saturated heterocycles. The van der Waals surface area contributed by atoms with Gasteiger partial charge in [-0.15, -0.1) is 10.2 Å². The van der Waals surface area contributed by atoms with Crippen LogP contribution in [0.15, 0.2) is 22.6 Å². The minimum absolute atomic E-state index is 0.161. The Morgan fingerprint density at radius 1 is 1.17 bits per heavy atom. The zero-order valence-corrected chi connectivity index (χ0v) is 11.7. The fourth-order valence-electron chi connectivity index (χ4n) is 2.16. The van der Waals surface area contributed by atoms with E-state index in [4.69, 9.17) is 4.42 Å². The van der Waals surface area contributed by atoms with Gasteiger partial charge >= 0.3 is 0 Å². The SMILES string of the molecule is CCc1cc(-c2nnc(C)o2)ccc1C(C)(C)C. The highest BCUT2D eigenvalue weighted by molar-refractivity contribution is 5.56. The van der Waals surface area contributed by atoms with Crippen LogP contribution in [0.1, 0.15) is 44.7 Å². The molecule has 0 aliphatic heterocycles. The zero-order valence-electron chi connectivity index (χ0n) is 11.7. The third-order valence-corrected chi connectivity index (χ3v) is 3.07. The van der Waals surface area contributed by atoms with E-state index in [1.807, 2.05) is 0 Å². The van der Waals surface area contributed by atoms with E-state index in [0.29, 0.717) is 11.8 Å². The van der Waals surface area contributed by atoms with Gasteiger partial charge in [0.25, 0.3) is 0 Å². The lowest BCUT2D eigenvalue weighted by Crippen LogP contribution is -2.14. The van der Waals surface area contributed by atoms with Gasteiger partial charge in [-0.25, -0.2) is 0 Å². The molecule has 3 nitrogen and oxygen atoms in total. The lowest BCUT2D eigenvalue weighted by molar-refractivity contribution is 0.532. The zero-order chi connectivity index (χ0) is 13.3. The van der Waals surface area contributed by atoms with Crippen LogP contribution in [0.5, 0.6) is 0 Å². The summed E-state index contributed by atoms with van der Waals surface area (Å²) in [6.07, 6.45) is 1.01. The molecule has 2 rings (SSSR count). The normalized spacial score (nSPS) is 11.8. The van der Waals surface area contributed by atoms with Gasteiger partial charge in [-0.3, -0.25) is 0 Å². The molecule has 0 N–H and O–H groups in total. The largest absolute Gasteiger partial charge is 0.421 e. The maximum atomic E-state index is 5.47. The highest BCUT2D eigenvalue weighted by atomic mass is 16.4. The Morgan fingerprint density at radius 2 is 1.89 bits per heavy atom. The van der Waals surface area contributed by atoms with Crippen LogP contribution in [0, 0.1) is 6.92 Å². The second-order valence-corrected chi connectivity index (χ2v) is 5.60. The predicted molar refractivity (Wildman–Crippen MR) is 72.5 cm³/mol.